The Morgan fingerprint density at radius 2 is 1.56 bits per heavy atom. The number of isothiocyanates is 1. The number of ether oxygens (including phenoxy) is 3. The predicted molar refractivity (Wildman–Crippen MR) is 110 cm³/mol. The number of amides is 1. The highest BCUT2D eigenvalue weighted by atomic mass is 32.1. The Bertz CT molecular complexity index is 593. The summed E-state index contributed by atoms with van der Waals surface area (Å²) in [6.07, 6.45) is 1.03. The van der Waals surface area contributed by atoms with Gasteiger partial charge >= 0.3 is 0 Å². The average molecular weight is 395 g/mol. The molecule has 1 rings (SSSR count). The van der Waals surface area contributed by atoms with E-state index in [1.807, 2.05) is 0 Å². The fourth-order valence-corrected chi connectivity index (χ4v) is 2.10. The van der Waals surface area contributed by atoms with Gasteiger partial charge in [-0.2, -0.15) is 4.99 Å². The topological polar surface area (TPSA) is 69.2 Å². The number of nitrogens with one attached hydrogen (secondary N) is 1. The molecular weight excluding hydrogens is 364 g/mol. The molecule has 0 aromatic heterocycles. The molecule has 1 aromatic rings. The van der Waals surface area contributed by atoms with E-state index in [0.717, 1.165) is 13.0 Å². The first-order chi connectivity index (χ1) is 12.9. The second-order valence-electron chi connectivity index (χ2n) is 7.15. The molecule has 0 aliphatic rings. The van der Waals surface area contributed by atoms with E-state index in [1.165, 1.54) is 0 Å². The van der Waals surface area contributed by atoms with E-state index in [-0.39, 0.29) is 5.91 Å². The van der Waals surface area contributed by atoms with Gasteiger partial charge in [-0.05, 0) is 48.3 Å². The lowest BCUT2D eigenvalue weighted by molar-refractivity contribution is 0.0109. The van der Waals surface area contributed by atoms with Crippen molar-refractivity contribution in [2.45, 2.75) is 27.2 Å². The third kappa shape index (κ3) is 12.4. The summed E-state index contributed by atoms with van der Waals surface area (Å²) >= 11 is 4.54. The second kappa shape index (κ2) is 13.5. The van der Waals surface area contributed by atoms with Gasteiger partial charge in [-0.1, -0.05) is 20.8 Å². The smallest absolute Gasteiger partial charge is 0.251 e. The molecule has 0 spiro atoms. The van der Waals surface area contributed by atoms with E-state index in [2.05, 4.69) is 48.5 Å². The molecule has 7 heteroatoms. The van der Waals surface area contributed by atoms with Gasteiger partial charge in [-0.3, -0.25) is 4.79 Å². The molecule has 0 bridgehead atoms. The fraction of sp³-hybridized carbons (Fsp3) is 0.600. The minimum Gasteiger partial charge on any atom is -0.379 e. The van der Waals surface area contributed by atoms with Crippen molar-refractivity contribution in [2.24, 2.45) is 10.4 Å². The number of carbonyl (C=O) groups is 1. The van der Waals surface area contributed by atoms with Crippen LogP contribution >= 0.6 is 12.2 Å². The summed E-state index contributed by atoms with van der Waals surface area (Å²) < 4.78 is 16.4. The van der Waals surface area contributed by atoms with Crippen LogP contribution in [0.2, 0.25) is 0 Å². The molecular formula is C20H30N2O4S. The molecule has 1 amide bonds. The molecule has 0 atom stereocenters. The number of carbonyl (C=O) groups excluding carboxylic acids is 1. The number of hydrogen-bond donors (Lipinski definition) is 1. The molecule has 0 saturated heterocycles. The van der Waals surface area contributed by atoms with Crippen LogP contribution in [0.25, 0.3) is 0 Å². The summed E-state index contributed by atoms with van der Waals surface area (Å²) in [5.41, 5.74) is 1.53. The maximum absolute atomic E-state index is 12.0. The van der Waals surface area contributed by atoms with Crippen LogP contribution in [0.4, 0.5) is 5.69 Å². The first-order valence-electron chi connectivity index (χ1n) is 9.12. The van der Waals surface area contributed by atoms with Crippen LogP contribution in [-0.4, -0.2) is 57.3 Å². The van der Waals surface area contributed by atoms with E-state index in [0.29, 0.717) is 56.2 Å². The monoisotopic (exact) mass is 394 g/mol. The Hall–Kier alpha value is -1.63. The summed E-state index contributed by atoms with van der Waals surface area (Å²) in [6, 6.07) is 6.82. The van der Waals surface area contributed by atoms with E-state index in [9.17, 15) is 4.79 Å². The molecule has 0 unspecified atom stereocenters. The molecule has 0 heterocycles. The Labute approximate surface area is 167 Å². The first-order valence-corrected chi connectivity index (χ1v) is 9.52. The number of hydrogen-bond acceptors (Lipinski definition) is 6. The van der Waals surface area contributed by atoms with Crippen LogP contribution in [-0.2, 0) is 14.2 Å². The summed E-state index contributed by atoms with van der Waals surface area (Å²) in [6.45, 7) is 10.4. The van der Waals surface area contributed by atoms with Crippen molar-refractivity contribution in [3.8, 4) is 0 Å². The third-order valence-electron chi connectivity index (χ3n) is 3.58. The maximum Gasteiger partial charge on any atom is 0.251 e. The molecule has 1 N–H and O–H groups in total. The molecule has 0 saturated carbocycles. The number of aliphatic imine (C=N–C) groups is 1. The summed E-state index contributed by atoms with van der Waals surface area (Å²) in [5.74, 6) is -0.153. The average Bonchev–Trinajstić information content (AvgIpc) is 2.62. The Kier molecular flexibility index (Phi) is 11.7. The summed E-state index contributed by atoms with van der Waals surface area (Å²) in [4.78, 5) is 15.8. The highest BCUT2D eigenvalue weighted by molar-refractivity contribution is 7.78. The van der Waals surface area contributed by atoms with Gasteiger partial charge < -0.3 is 19.5 Å². The zero-order valence-electron chi connectivity index (χ0n) is 16.5. The Balaban J connectivity index is 1.96. The van der Waals surface area contributed by atoms with Gasteiger partial charge in [0, 0.05) is 18.7 Å². The Morgan fingerprint density at radius 3 is 2.11 bits per heavy atom. The minimum absolute atomic E-state index is 0.153. The highest BCUT2D eigenvalue weighted by Gasteiger charge is 2.09. The summed E-state index contributed by atoms with van der Waals surface area (Å²) in [7, 11) is 0. The SMILES string of the molecule is CC(C)(C)CCOCCOCCOCCNC(=O)c1ccc(N=C=S)cc1. The zero-order valence-corrected chi connectivity index (χ0v) is 17.3. The normalized spacial score (nSPS) is 11.1. The molecule has 150 valence electrons. The zero-order chi connectivity index (χ0) is 20.0. The van der Waals surface area contributed by atoms with Crippen LogP contribution < -0.4 is 5.32 Å². The van der Waals surface area contributed by atoms with Crippen molar-refractivity contribution in [1.82, 2.24) is 5.32 Å². The molecule has 0 radical (unpaired) electrons. The molecule has 27 heavy (non-hydrogen) atoms. The van der Waals surface area contributed by atoms with Crippen molar-refractivity contribution < 1.29 is 19.0 Å². The lowest BCUT2D eigenvalue weighted by atomic mass is 9.93. The lowest BCUT2D eigenvalue weighted by Crippen LogP contribution is -2.27. The number of thiocarbonyl (C=S) groups is 1. The van der Waals surface area contributed by atoms with Crippen LogP contribution in [0.1, 0.15) is 37.6 Å². The van der Waals surface area contributed by atoms with Crippen LogP contribution in [0.5, 0.6) is 0 Å². The van der Waals surface area contributed by atoms with Crippen molar-refractivity contribution >= 4 is 29.0 Å². The maximum atomic E-state index is 12.0. The standard InChI is InChI=1S/C20H30N2O4S/c1-20(2,3)8-10-24-12-14-26-15-13-25-11-9-21-19(23)17-4-6-18(7-5-17)22-16-27/h4-7H,8-15H2,1-3H3,(H,21,23). The predicted octanol–water partition coefficient (Wildman–Crippen LogP) is 3.64. The van der Waals surface area contributed by atoms with Gasteiger partial charge in [0.05, 0.1) is 43.9 Å². The van der Waals surface area contributed by atoms with Crippen molar-refractivity contribution in [2.75, 3.05) is 46.2 Å². The largest absolute Gasteiger partial charge is 0.379 e. The number of nitrogens with zero attached hydrogens (tertiary/aromatic N) is 1. The van der Waals surface area contributed by atoms with Crippen molar-refractivity contribution in [1.29, 1.82) is 0 Å². The van der Waals surface area contributed by atoms with Gasteiger partial charge in [0.15, 0.2) is 0 Å². The summed E-state index contributed by atoms with van der Waals surface area (Å²) in [5, 5.41) is 5.08. The molecule has 0 aliphatic heterocycles. The van der Waals surface area contributed by atoms with E-state index < -0.39 is 0 Å². The molecule has 0 fully saturated rings. The van der Waals surface area contributed by atoms with Gasteiger partial charge in [0.25, 0.3) is 5.91 Å². The second-order valence-corrected chi connectivity index (χ2v) is 7.34. The van der Waals surface area contributed by atoms with Crippen molar-refractivity contribution in [3.05, 3.63) is 29.8 Å². The van der Waals surface area contributed by atoms with Gasteiger partial charge in [0.1, 0.15) is 0 Å². The quantitative estimate of drug-likeness (QED) is 0.314. The highest BCUT2D eigenvalue weighted by Crippen LogP contribution is 2.17. The Morgan fingerprint density at radius 1 is 1.00 bits per heavy atom. The molecule has 1 aromatic carbocycles. The molecule has 6 nitrogen and oxygen atoms in total. The van der Waals surface area contributed by atoms with E-state index in [4.69, 9.17) is 14.2 Å². The van der Waals surface area contributed by atoms with Gasteiger partial charge in [-0.15, -0.1) is 0 Å². The van der Waals surface area contributed by atoms with Crippen molar-refractivity contribution in [3.63, 3.8) is 0 Å². The lowest BCUT2D eigenvalue weighted by Gasteiger charge is -2.17. The van der Waals surface area contributed by atoms with Crippen LogP contribution in [0.3, 0.4) is 0 Å². The minimum atomic E-state index is -0.153. The first kappa shape index (κ1) is 23.4. The third-order valence-corrected chi connectivity index (χ3v) is 3.67. The van der Waals surface area contributed by atoms with Crippen LogP contribution in [0.15, 0.2) is 29.3 Å². The number of benzene rings is 1. The van der Waals surface area contributed by atoms with E-state index >= 15 is 0 Å². The van der Waals surface area contributed by atoms with Gasteiger partial charge in [-0.25, -0.2) is 0 Å². The van der Waals surface area contributed by atoms with Gasteiger partial charge in [0.2, 0.25) is 0 Å². The van der Waals surface area contributed by atoms with Crippen LogP contribution in [0, 0.1) is 5.41 Å². The van der Waals surface area contributed by atoms with E-state index in [1.54, 1.807) is 24.3 Å². The molecule has 0 aliphatic carbocycles. The number of rotatable bonds is 13. The fourth-order valence-electron chi connectivity index (χ4n) is 2.00.